The first-order valence-electron chi connectivity index (χ1n) is 4.60. The standard InChI is InChI=1S/C9H16INO/c1-11(9(10)12)7-8-5-3-2-4-6-8/h8H,2-7H2,1H3. The summed E-state index contributed by atoms with van der Waals surface area (Å²) in [7, 11) is 1.89. The number of carbonyl (C=O) groups is 1. The molecule has 0 spiro atoms. The largest absolute Gasteiger partial charge is 0.337 e. The normalized spacial score (nSPS) is 19.2. The Morgan fingerprint density at radius 3 is 2.50 bits per heavy atom. The maximum Gasteiger partial charge on any atom is 0.282 e. The van der Waals surface area contributed by atoms with Gasteiger partial charge < -0.3 is 4.90 Å². The van der Waals surface area contributed by atoms with Gasteiger partial charge in [-0.05, 0) is 18.8 Å². The highest BCUT2D eigenvalue weighted by Crippen LogP contribution is 2.24. The first-order chi connectivity index (χ1) is 5.70. The van der Waals surface area contributed by atoms with Crippen LogP contribution in [0.2, 0.25) is 0 Å². The molecule has 1 rings (SSSR count). The van der Waals surface area contributed by atoms with E-state index in [2.05, 4.69) is 0 Å². The van der Waals surface area contributed by atoms with E-state index in [1.807, 2.05) is 34.5 Å². The van der Waals surface area contributed by atoms with Crippen molar-refractivity contribution < 1.29 is 4.79 Å². The van der Waals surface area contributed by atoms with Crippen molar-refractivity contribution in [3.63, 3.8) is 0 Å². The molecule has 70 valence electrons. The van der Waals surface area contributed by atoms with Crippen molar-refractivity contribution in [3.05, 3.63) is 0 Å². The van der Waals surface area contributed by atoms with E-state index in [0.29, 0.717) is 0 Å². The molecule has 1 aliphatic rings. The molecular formula is C9H16INO. The summed E-state index contributed by atoms with van der Waals surface area (Å²) >= 11 is 1.85. The summed E-state index contributed by atoms with van der Waals surface area (Å²) in [4.78, 5) is 12.8. The Kier molecular flexibility index (Phi) is 4.32. The number of halogens is 1. The van der Waals surface area contributed by atoms with E-state index >= 15 is 0 Å². The number of carbonyl (C=O) groups excluding carboxylic acids is 1. The zero-order chi connectivity index (χ0) is 8.97. The molecule has 1 aliphatic carbocycles. The lowest BCUT2D eigenvalue weighted by atomic mass is 9.89. The third-order valence-electron chi connectivity index (χ3n) is 2.56. The quantitative estimate of drug-likeness (QED) is 0.433. The Bertz CT molecular complexity index is 155. The van der Waals surface area contributed by atoms with Crippen LogP contribution in [0.25, 0.3) is 0 Å². The van der Waals surface area contributed by atoms with Crippen LogP contribution in [0, 0.1) is 5.92 Å². The molecule has 1 fully saturated rings. The van der Waals surface area contributed by atoms with E-state index in [1.165, 1.54) is 32.1 Å². The van der Waals surface area contributed by atoms with Gasteiger partial charge in [0.25, 0.3) is 3.91 Å². The first-order valence-corrected chi connectivity index (χ1v) is 5.68. The molecule has 0 aromatic rings. The average molecular weight is 281 g/mol. The van der Waals surface area contributed by atoms with E-state index in [9.17, 15) is 4.79 Å². The molecule has 0 radical (unpaired) electrons. The minimum Gasteiger partial charge on any atom is -0.337 e. The minimum atomic E-state index is 0.165. The Morgan fingerprint density at radius 2 is 2.00 bits per heavy atom. The summed E-state index contributed by atoms with van der Waals surface area (Å²) < 4.78 is 0.165. The highest BCUT2D eigenvalue weighted by Gasteiger charge is 2.16. The predicted molar refractivity (Wildman–Crippen MR) is 58.6 cm³/mol. The molecule has 3 heteroatoms. The van der Waals surface area contributed by atoms with Gasteiger partial charge in [0.15, 0.2) is 0 Å². The van der Waals surface area contributed by atoms with Crippen LogP contribution in [0.15, 0.2) is 0 Å². The van der Waals surface area contributed by atoms with Crippen LogP contribution in [0.3, 0.4) is 0 Å². The summed E-state index contributed by atoms with van der Waals surface area (Å²) in [5.41, 5.74) is 0. The monoisotopic (exact) mass is 281 g/mol. The first kappa shape index (κ1) is 10.3. The van der Waals surface area contributed by atoms with Gasteiger partial charge in [0.1, 0.15) is 0 Å². The molecule has 0 unspecified atom stereocenters. The maximum absolute atomic E-state index is 10.9. The number of rotatable bonds is 2. The molecule has 0 aromatic carbocycles. The van der Waals surface area contributed by atoms with E-state index in [1.54, 1.807) is 0 Å². The molecule has 0 saturated heterocycles. The molecule has 2 nitrogen and oxygen atoms in total. The summed E-state index contributed by atoms with van der Waals surface area (Å²) in [5, 5.41) is 0. The minimum absolute atomic E-state index is 0.165. The van der Waals surface area contributed by atoms with Crippen molar-refractivity contribution in [3.8, 4) is 0 Å². The van der Waals surface area contributed by atoms with Crippen LogP contribution in [0.5, 0.6) is 0 Å². The van der Waals surface area contributed by atoms with Gasteiger partial charge in [0.2, 0.25) is 0 Å². The van der Waals surface area contributed by atoms with Crippen LogP contribution >= 0.6 is 22.6 Å². The van der Waals surface area contributed by atoms with Gasteiger partial charge in [-0.15, -0.1) is 0 Å². The van der Waals surface area contributed by atoms with Crippen molar-refractivity contribution in [1.82, 2.24) is 4.90 Å². The van der Waals surface area contributed by atoms with E-state index < -0.39 is 0 Å². The molecule has 0 aromatic heterocycles. The smallest absolute Gasteiger partial charge is 0.282 e. The van der Waals surface area contributed by atoms with Crippen LogP contribution in [0.1, 0.15) is 32.1 Å². The van der Waals surface area contributed by atoms with Gasteiger partial charge in [-0.1, -0.05) is 19.3 Å². The Morgan fingerprint density at radius 1 is 1.42 bits per heavy atom. The second-order valence-corrected chi connectivity index (χ2v) is 4.56. The summed E-state index contributed by atoms with van der Waals surface area (Å²) in [5.74, 6) is 0.766. The molecule has 1 amide bonds. The second kappa shape index (κ2) is 5.04. The third kappa shape index (κ3) is 3.29. The summed E-state index contributed by atoms with van der Waals surface area (Å²) in [6.45, 7) is 0.960. The van der Waals surface area contributed by atoms with Gasteiger partial charge in [-0.3, -0.25) is 4.79 Å². The van der Waals surface area contributed by atoms with Crippen LogP contribution in [0.4, 0.5) is 4.79 Å². The number of nitrogens with zero attached hydrogens (tertiary/aromatic N) is 1. The van der Waals surface area contributed by atoms with Crippen LogP contribution in [-0.4, -0.2) is 22.4 Å². The molecule has 0 atom stereocenters. The third-order valence-corrected chi connectivity index (χ3v) is 3.38. The topological polar surface area (TPSA) is 20.3 Å². The lowest BCUT2D eigenvalue weighted by Gasteiger charge is -2.25. The average Bonchev–Trinajstić information content (AvgIpc) is 2.06. The molecular weight excluding hydrogens is 265 g/mol. The van der Waals surface area contributed by atoms with Crippen molar-refractivity contribution in [2.75, 3.05) is 13.6 Å². The molecule has 0 N–H and O–H groups in total. The van der Waals surface area contributed by atoms with Crippen molar-refractivity contribution in [2.24, 2.45) is 5.92 Å². The SMILES string of the molecule is CN(CC1CCCCC1)C(=O)I. The Balaban J connectivity index is 2.24. The van der Waals surface area contributed by atoms with Gasteiger partial charge in [-0.25, -0.2) is 0 Å². The van der Waals surface area contributed by atoms with Gasteiger partial charge >= 0.3 is 0 Å². The fourth-order valence-corrected chi connectivity index (χ4v) is 2.03. The molecule has 0 bridgehead atoms. The highest BCUT2D eigenvalue weighted by molar-refractivity contribution is 14.1. The fraction of sp³-hybridized carbons (Fsp3) is 0.889. The van der Waals surface area contributed by atoms with Gasteiger partial charge in [0, 0.05) is 36.2 Å². The summed E-state index contributed by atoms with van der Waals surface area (Å²) in [6.07, 6.45) is 6.73. The zero-order valence-corrected chi connectivity index (χ0v) is 9.71. The number of amides is 1. The van der Waals surface area contributed by atoms with Crippen LogP contribution < -0.4 is 0 Å². The Hall–Kier alpha value is 0.200. The Labute approximate surface area is 87.8 Å². The summed E-state index contributed by atoms with van der Waals surface area (Å²) in [6, 6.07) is 0. The lowest BCUT2D eigenvalue weighted by molar-refractivity contribution is 0.218. The number of hydrogen-bond donors (Lipinski definition) is 0. The maximum atomic E-state index is 10.9. The number of hydrogen-bond acceptors (Lipinski definition) is 1. The zero-order valence-electron chi connectivity index (χ0n) is 7.55. The fourth-order valence-electron chi connectivity index (χ4n) is 1.83. The highest BCUT2D eigenvalue weighted by atomic mass is 127. The van der Waals surface area contributed by atoms with E-state index in [-0.39, 0.29) is 3.91 Å². The van der Waals surface area contributed by atoms with Gasteiger partial charge in [-0.2, -0.15) is 0 Å². The van der Waals surface area contributed by atoms with E-state index in [0.717, 1.165) is 12.5 Å². The lowest BCUT2D eigenvalue weighted by Crippen LogP contribution is -2.28. The van der Waals surface area contributed by atoms with Crippen molar-refractivity contribution >= 4 is 26.5 Å². The predicted octanol–water partition coefficient (Wildman–Crippen LogP) is 3.05. The molecule has 1 saturated carbocycles. The second-order valence-electron chi connectivity index (χ2n) is 3.64. The molecule has 12 heavy (non-hydrogen) atoms. The van der Waals surface area contributed by atoms with Crippen LogP contribution in [-0.2, 0) is 0 Å². The van der Waals surface area contributed by atoms with Gasteiger partial charge in [0.05, 0.1) is 0 Å². The molecule has 0 aliphatic heterocycles. The van der Waals surface area contributed by atoms with Crippen molar-refractivity contribution in [2.45, 2.75) is 32.1 Å². The van der Waals surface area contributed by atoms with E-state index in [4.69, 9.17) is 0 Å². The molecule has 0 heterocycles. The van der Waals surface area contributed by atoms with Crippen molar-refractivity contribution in [1.29, 1.82) is 0 Å².